The van der Waals surface area contributed by atoms with Gasteiger partial charge in [-0.15, -0.1) is 12.4 Å². The lowest BCUT2D eigenvalue weighted by Crippen LogP contribution is -2.30. The number of nitrogens with one attached hydrogen (secondary N) is 2. The maximum absolute atomic E-state index is 12.5. The minimum Gasteiger partial charge on any atom is -0.336 e. The summed E-state index contributed by atoms with van der Waals surface area (Å²) in [7, 11) is 3.56. The quantitative estimate of drug-likeness (QED) is 0.758. The number of nitrogens with zero attached hydrogens (tertiary/aromatic N) is 3. The van der Waals surface area contributed by atoms with Gasteiger partial charge in [-0.05, 0) is 37.6 Å². The molecular weight excluding hydrogens is 366 g/mol. The molecule has 1 saturated carbocycles. The van der Waals surface area contributed by atoms with Crippen molar-refractivity contribution in [3.05, 3.63) is 47.8 Å². The van der Waals surface area contributed by atoms with E-state index in [0.29, 0.717) is 12.6 Å². The van der Waals surface area contributed by atoms with E-state index < -0.39 is 6.04 Å². The van der Waals surface area contributed by atoms with Gasteiger partial charge in [0.15, 0.2) is 0 Å². The lowest BCUT2D eigenvalue weighted by molar-refractivity contribution is -0.130. The van der Waals surface area contributed by atoms with Crippen LogP contribution in [0.25, 0.3) is 0 Å². The third-order valence-electron chi connectivity index (χ3n) is 4.58. The molecule has 7 nitrogen and oxygen atoms in total. The normalized spacial score (nSPS) is 14.2. The Balaban J connectivity index is 0.00000261. The molecule has 2 aromatic rings. The number of amides is 2. The summed E-state index contributed by atoms with van der Waals surface area (Å²) in [6.07, 6.45) is 5.68. The van der Waals surface area contributed by atoms with Crippen LogP contribution in [0.1, 0.15) is 36.9 Å². The zero-order valence-electron chi connectivity index (χ0n) is 15.8. The lowest BCUT2D eigenvalue weighted by Gasteiger charge is -2.21. The molecule has 0 spiro atoms. The number of aryl methyl sites for hydroxylation is 1. The van der Waals surface area contributed by atoms with Gasteiger partial charge in [0, 0.05) is 44.0 Å². The van der Waals surface area contributed by atoms with Gasteiger partial charge in [0.25, 0.3) is 0 Å². The van der Waals surface area contributed by atoms with E-state index in [1.807, 2.05) is 42.4 Å². The topological polar surface area (TPSA) is 79.3 Å². The minimum absolute atomic E-state index is 0. The number of aromatic nitrogens is 2. The molecule has 1 heterocycles. The van der Waals surface area contributed by atoms with Crippen LogP contribution in [0, 0.1) is 0 Å². The number of hydrogen-bond donors (Lipinski definition) is 2. The summed E-state index contributed by atoms with van der Waals surface area (Å²) < 4.78 is 1.67. The first kappa shape index (κ1) is 20.9. The van der Waals surface area contributed by atoms with Crippen LogP contribution in [0.3, 0.4) is 0 Å². The number of carbonyl (C=O) groups is 2. The highest BCUT2D eigenvalue weighted by Gasteiger charge is 2.30. The number of hydrogen-bond acceptors (Lipinski definition) is 4. The van der Waals surface area contributed by atoms with Crippen LogP contribution >= 0.6 is 12.4 Å². The fourth-order valence-electron chi connectivity index (χ4n) is 3.03. The number of halogens is 1. The predicted molar refractivity (Wildman–Crippen MR) is 107 cm³/mol. The Labute approximate surface area is 165 Å². The molecule has 1 aliphatic rings. The van der Waals surface area contributed by atoms with E-state index in [0.717, 1.165) is 29.7 Å². The number of anilines is 1. The Kier molecular flexibility index (Phi) is 6.98. The van der Waals surface area contributed by atoms with E-state index >= 15 is 0 Å². The van der Waals surface area contributed by atoms with Gasteiger partial charge in [0.05, 0.1) is 6.20 Å². The van der Waals surface area contributed by atoms with Gasteiger partial charge >= 0.3 is 0 Å². The molecule has 2 amide bonds. The van der Waals surface area contributed by atoms with Crippen LogP contribution in [0.4, 0.5) is 5.69 Å². The van der Waals surface area contributed by atoms with Crippen molar-refractivity contribution < 1.29 is 9.59 Å². The zero-order valence-corrected chi connectivity index (χ0v) is 16.6. The zero-order chi connectivity index (χ0) is 18.7. The molecule has 1 atom stereocenters. The number of benzene rings is 1. The highest BCUT2D eigenvalue weighted by Crippen LogP contribution is 2.28. The largest absolute Gasteiger partial charge is 0.336 e. The standard InChI is InChI=1S/C19H25N5O2.ClH/c1-13(25)24(17-8-9-17)11-14-4-6-16(7-5-14)22-19(26)18(20-2)15-10-21-23(3)12-15;/h4-7,10,12,17-18,20H,8-9,11H2,1-3H3,(H,22,26);1H. The average molecular weight is 392 g/mol. The first-order valence-electron chi connectivity index (χ1n) is 8.80. The lowest BCUT2D eigenvalue weighted by atomic mass is 10.1. The van der Waals surface area contributed by atoms with E-state index in [-0.39, 0.29) is 24.2 Å². The Hall–Kier alpha value is -2.38. The molecule has 8 heteroatoms. The van der Waals surface area contributed by atoms with Crippen LogP contribution in [0.15, 0.2) is 36.7 Å². The van der Waals surface area contributed by atoms with E-state index in [1.54, 1.807) is 24.9 Å². The molecule has 1 aromatic carbocycles. The van der Waals surface area contributed by atoms with E-state index in [4.69, 9.17) is 0 Å². The first-order chi connectivity index (χ1) is 12.5. The summed E-state index contributed by atoms with van der Waals surface area (Å²) in [6.45, 7) is 2.23. The summed E-state index contributed by atoms with van der Waals surface area (Å²) in [6, 6.07) is 7.57. The molecule has 3 rings (SSSR count). The van der Waals surface area contributed by atoms with Crippen LogP contribution in [0.5, 0.6) is 0 Å². The molecule has 0 saturated heterocycles. The van der Waals surface area contributed by atoms with Crippen LogP contribution in [0.2, 0.25) is 0 Å². The van der Waals surface area contributed by atoms with Gasteiger partial charge in [-0.3, -0.25) is 14.3 Å². The van der Waals surface area contributed by atoms with Gasteiger partial charge in [0.2, 0.25) is 11.8 Å². The number of likely N-dealkylation sites (N-methyl/N-ethyl adjacent to an activating group) is 1. The van der Waals surface area contributed by atoms with Gasteiger partial charge in [0.1, 0.15) is 6.04 Å². The second-order valence-electron chi connectivity index (χ2n) is 6.73. The molecular formula is C19H26ClN5O2. The van der Waals surface area contributed by atoms with Gasteiger partial charge < -0.3 is 15.5 Å². The fourth-order valence-corrected chi connectivity index (χ4v) is 3.03. The molecule has 1 aliphatic carbocycles. The Morgan fingerprint density at radius 3 is 2.44 bits per heavy atom. The molecule has 27 heavy (non-hydrogen) atoms. The van der Waals surface area contributed by atoms with Crippen molar-refractivity contribution >= 4 is 29.9 Å². The van der Waals surface area contributed by atoms with Crippen LogP contribution in [-0.2, 0) is 23.2 Å². The van der Waals surface area contributed by atoms with Crippen LogP contribution in [-0.4, -0.2) is 39.6 Å². The second kappa shape index (κ2) is 9.01. The third kappa shape index (κ3) is 5.30. The van der Waals surface area contributed by atoms with Crippen molar-refractivity contribution in [3.63, 3.8) is 0 Å². The minimum atomic E-state index is -0.466. The molecule has 146 valence electrons. The SMILES string of the molecule is CNC(C(=O)Nc1ccc(CN(C(C)=O)C2CC2)cc1)c1cnn(C)c1.Cl. The Morgan fingerprint density at radius 2 is 1.96 bits per heavy atom. The fraction of sp³-hybridized carbons (Fsp3) is 0.421. The molecule has 1 fully saturated rings. The summed E-state index contributed by atoms with van der Waals surface area (Å²) in [5.74, 6) is -0.0326. The van der Waals surface area contributed by atoms with Crippen molar-refractivity contribution in [3.8, 4) is 0 Å². The number of carbonyl (C=O) groups excluding carboxylic acids is 2. The maximum Gasteiger partial charge on any atom is 0.246 e. The first-order valence-corrected chi connectivity index (χ1v) is 8.80. The third-order valence-corrected chi connectivity index (χ3v) is 4.58. The molecule has 2 N–H and O–H groups in total. The Bertz CT molecular complexity index is 786. The van der Waals surface area contributed by atoms with Crippen LogP contribution < -0.4 is 10.6 Å². The smallest absolute Gasteiger partial charge is 0.246 e. The van der Waals surface area contributed by atoms with Gasteiger partial charge in [-0.2, -0.15) is 5.10 Å². The molecule has 0 aliphatic heterocycles. The van der Waals surface area contributed by atoms with E-state index in [9.17, 15) is 9.59 Å². The highest BCUT2D eigenvalue weighted by molar-refractivity contribution is 5.95. The van der Waals surface area contributed by atoms with Crippen molar-refractivity contribution in [1.29, 1.82) is 0 Å². The Morgan fingerprint density at radius 1 is 1.30 bits per heavy atom. The summed E-state index contributed by atoms with van der Waals surface area (Å²) in [4.78, 5) is 26.2. The molecule has 0 bridgehead atoms. The summed E-state index contributed by atoms with van der Waals surface area (Å²) >= 11 is 0. The molecule has 0 radical (unpaired) electrons. The summed E-state index contributed by atoms with van der Waals surface area (Å²) in [5, 5.41) is 10.0. The summed E-state index contributed by atoms with van der Waals surface area (Å²) in [5.41, 5.74) is 2.59. The second-order valence-corrected chi connectivity index (χ2v) is 6.73. The highest BCUT2D eigenvalue weighted by atomic mass is 35.5. The predicted octanol–water partition coefficient (Wildman–Crippen LogP) is 2.25. The average Bonchev–Trinajstić information content (AvgIpc) is 3.36. The monoisotopic (exact) mass is 391 g/mol. The van der Waals surface area contributed by atoms with Crippen molar-refractivity contribution in [1.82, 2.24) is 20.0 Å². The van der Waals surface area contributed by atoms with Gasteiger partial charge in [-0.1, -0.05) is 12.1 Å². The molecule has 1 aromatic heterocycles. The van der Waals surface area contributed by atoms with Crippen molar-refractivity contribution in [2.45, 2.75) is 38.4 Å². The maximum atomic E-state index is 12.5. The molecule has 1 unspecified atom stereocenters. The van der Waals surface area contributed by atoms with Crippen molar-refractivity contribution in [2.24, 2.45) is 7.05 Å². The van der Waals surface area contributed by atoms with Crippen molar-refractivity contribution in [2.75, 3.05) is 12.4 Å². The van der Waals surface area contributed by atoms with E-state index in [2.05, 4.69) is 15.7 Å². The number of rotatable bonds is 7. The van der Waals surface area contributed by atoms with E-state index in [1.165, 1.54) is 0 Å². The van der Waals surface area contributed by atoms with Gasteiger partial charge in [-0.25, -0.2) is 0 Å².